The molecule has 0 bridgehead atoms. The predicted molar refractivity (Wildman–Crippen MR) is 56.7 cm³/mol. The Labute approximate surface area is 92.9 Å². The topological polar surface area (TPSA) is 24.9 Å². The summed E-state index contributed by atoms with van der Waals surface area (Å²) in [4.78, 5) is 3.19. The fourth-order valence-corrected chi connectivity index (χ4v) is 1.36. The molecule has 0 radical (unpaired) electrons. The zero-order valence-corrected chi connectivity index (χ0v) is 9.36. The lowest BCUT2D eigenvalue weighted by molar-refractivity contribution is 0.465. The number of hydrogen-bond acceptors (Lipinski definition) is 2. The molecule has 0 aliphatic heterocycles. The maximum absolute atomic E-state index is 13.2. The Morgan fingerprint density at radius 1 is 1.31 bits per heavy atom. The standard InChI is InChI=1S/C11H15F3N2/c1-3-4-5-7(2)15-11-9(13)6-8(12)10(14)16-11/h6-7H,3-5H2,1-2H3,(H,15,16). The lowest BCUT2D eigenvalue weighted by atomic mass is 10.1. The number of pyridine rings is 1. The fraction of sp³-hybridized carbons (Fsp3) is 0.545. The van der Waals surface area contributed by atoms with Crippen molar-refractivity contribution < 1.29 is 13.2 Å². The molecule has 0 spiro atoms. The lowest BCUT2D eigenvalue weighted by Gasteiger charge is -2.14. The van der Waals surface area contributed by atoms with Crippen LogP contribution in [0.4, 0.5) is 19.0 Å². The van der Waals surface area contributed by atoms with Gasteiger partial charge in [0.2, 0.25) is 0 Å². The van der Waals surface area contributed by atoms with Gasteiger partial charge in [0.15, 0.2) is 17.5 Å². The predicted octanol–water partition coefficient (Wildman–Crippen LogP) is 3.49. The molecule has 0 amide bonds. The summed E-state index contributed by atoms with van der Waals surface area (Å²) < 4.78 is 38.5. The van der Waals surface area contributed by atoms with Crippen LogP contribution < -0.4 is 5.32 Å². The van der Waals surface area contributed by atoms with E-state index in [1.807, 2.05) is 13.8 Å². The van der Waals surface area contributed by atoms with Crippen LogP contribution in [0.2, 0.25) is 0 Å². The number of rotatable bonds is 5. The Hall–Kier alpha value is -1.26. The van der Waals surface area contributed by atoms with Crippen LogP contribution in [0.5, 0.6) is 0 Å². The number of nitrogens with zero attached hydrogens (tertiary/aromatic N) is 1. The first kappa shape index (κ1) is 12.8. The van der Waals surface area contributed by atoms with Gasteiger partial charge in [-0.1, -0.05) is 19.8 Å². The molecular formula is C11H15F3N2. The third kappa shape index (κ3) is 3.40. The van der Waals surface area contributed by atoms with E-state index in [0.29, 0.717) is 6.07 Å². The summed E-state index contributed by atoms with van der Waals surface area (Å²) in [5, 5.41) is 2.72. The molecule has 0 fully saturated rings. The van der Waals surface area contributed by atoms with Crippen LogP contribution in [0.1, 0.15) is 33.1 Å². The van der Waals surface area contributed by atoms with Crippen molar-refractivity contribution in [3.63, 3.8) is 0 Å². The van der Waals surface area contributed by atoms with Gasteiger partial charge in [-0.05, 0) is 13.3 Å². The molecule has 5 heteroatoms. The molecule has 1 aromatic rings. The highest BCUT2D eigenvalue weighted by Gasteiger charge is 2.13. The molecule has 1 rings (SSSR count). The first-order chi connectivity index (χ1) is 7.54. The van der Waals surface area contributed by atoms with Crippen molar-refractivity contribution in [3.8, 4) is 0 Å². The van der Waals surface area contributed by atoms with Gasteiger partial charge in [0.05, 0.1) is 0 Å². The summed E-state index contributed by atoms with van der Waals surface area (Å²) in [5.74, 6) is -3.67. The zero-order chi connectivity index (χ0) is 12.1. The largest absolute Gasteiger partial charge is 0.365 e. The normalized spacial score (nSPS) is 12.6. The third-order valence-electron chi connectivity index (χ3n) is 2.26. The van der Waals surface area contributed by atoms with Gasteiger partial charge in [0.25, 0.3) is 5.95 Å². The Bertz CT molecular complexity index is 355. The van der Waals surface area contributed by atoms with Crippen molar-refractivity contribution in [2.75, 3.05) is 5.32 Å². The van der Waals surface area contributed by atoms with Crippen molar-refractivity contribution >= 4 is 5.82 Å². The van der Waals surface area contributed by atoms with Crippen LogP contribution in [0.15, 0.2) is 6.07 Å². The molecular weight excluding hydrogens is 217 g/mol. The average Bonchev–Trinajstić information content (AvgIpc) is 2.23. The van der Waals surface area contributed by atoms with E-state index in [9.17, 15) is 13.2 Å². The average molecular weight is 232 g/mol. The zero-order valence-electron chi connectivity index (χ0n) is 9.36. The summed E-state index contributed by atoms with van der Waals surface area (Å²) in [6.07, 6.45) is 2.84. The summed E-state index contributed by atoms with van der Waals surface area (Å²) in [6.45, 7) is 3.89. The van der Waals surface area contributed by atoms with Crippen LogP contribution in [0, 0.1) is 17.6 Å². The Balaban J connectivity index is 2.69. The highest BCUT2D eigenvalue weighted by Crippen LogP contribution is 2.16. The van der Waals surface area contributed by atoms with Crippen molar-refractivity contribution in [2.24, 2.45) is 0 Å². The second-order valence-electron chi connectivity index (χ2n) is 3.78. The second kappa shape index (κ2) is 5.72. The molecule has 0 aromatic carbocycles. The molecule has 1 heterocycles. The fourth-order valence-electron chi connectivity index (χ4n) is 1.36. The van der Waals surface area contributed by atoms with Gasteiger partial charge >= 0.3 is 0 Å². The molecule has 1 N–H and O–H groups in total. The Morgan fingerprint density at radius 2 is 2.00 bits per heavy atom. The molecule has 1 atom stereocenters. The summed E-state index contributed by atoms with van der Waals surface area (Å²) in [5.41, 5.74) is 0. The van der Waals surface area contributed by atoms with Crippen molar-refractivity contribution in [3.05, 3.63) is 23.6 Å². The van der Waals surface area contributed by atoms with Gasteiger partial charge in [0, 0.05) is 12.1 Å². The van der Waals surface area contributed by atoms with Gasteiger partial charge in [-0.15, -0.1) is 0 Å². The molecule has 0 saturated heterocycles. The Morgan fingerprint density at radius 3 is 2.62 bits per heavy atom. The third-order valence-corrected chi connectivity index (χ3v) is 2.26. The van der Waals surface area contributed by atoms with Gasteiger partial charge in [-0.2, -0.15) is 9.37 Å². The van der Waals surface area contributed by atoms with Crippen molar-refractivity contribution in [2.45, 2.75) is 39.2 Å². The first-order valence-corrected chi connectivity index (χ1v) is 5.32. The van der Waals surface area contributed by atoms with E-state index in [2.05, 4.69) is 10.3 Å². The molecule has 0 saturated carbocycles. The van der Waals surface area contributed by atoms with Crippen LogP contribution in [0.25, 0.3) is 0 Å². The van der Waals surface area contributed by atoms with Gasteiger partial charge in [-0.3, -0.25) is 0 Å². The van der Waals surface area contributed by atoms with E-state index in [1.165, 1.54) is 0 Å². The van der Waals surface area contributed by atoms with Gasteiger partial charge in [0.1, 0.15) is 0 Å². The quantitative estimate of drug-likeness (QED) is 0.786. The number of halogens is 3. The maximum Gasteiger partial charge on any atom is 0.251 e. The lowest BCUT2D eigenvalue weighted by Crippen LogP contribution is -2.17. The van der Waals surface area contributed by atoms with E-state index in [1.54, 1.807) is 0 Å². The van der Waals surface area contributed by atoms with Crippen molar-refractivity contribution in [1.82, 2.24) is 4.98 Å². The number of hydrogen-bond donors (Lipinski definition) is 1. The van der Waals surface area contributed by atoms with Crippen LogP contribution in [-0.2, 0) is 0 Å². The number of aromatic nitrogens is 1. The molecule has 16 heavy (non-hydrogen) atoms. The second-order valence-corrected chi connectivity index (χ2v) is 3.78. The molecule has 0 aliphatic rings. The molecule has 1 unspecified atom stereocenters. The van der Waals surface area contributed by atoms with Crippen LogP contribution >= 0.6 is 0 Å². The highest BCUT2D eigenvalue weighted by molar-refractivity contribution is 5.37. The SMILES string of the molecule is CCCCC(C)Nc1nc(F)c(F)cc1F. The number of unbranched alkanes of at least 4 members (excludes halogenated alkanes) is 1. The van der Waals surface area contributed by atoms with E-state index in [0.717, 1.165) is 19.3 Å². The summed E-state index contributed by atoms with van der Waals surface area (Å²) >= 11 is 0. The minimum atomic E-state index is -1.29. The van der Waals surface area contributed by atoms with E-state index in [-0.39, 0.29) is 11.9 Å². The minimum absolute atomic E-state index is 0.0215. The summed E-state index contributed by atoms with van der Waals surface area (Å²) in [6, 6.07) is 0.476. The van der Waals surface area contributed by atoms with E-state index >= 15 is 0 Å². The number of anilines is 1. The maximum atomic E-state index is 13.2. The smallest absolute Gasteiger partial charge is 0.251 e. The highest BCUT2D eigenvalue weighted by atomic mass is 19.2. The minimum Gasteiger partial charge on any atom is -0.365 e. The molecule has 1 aromatic heterocycles. The van der Waals surface area contributed by atoms with E-state index < -0.39 is 17.6 Å². The van der Waals surface area contributed by atoms with Crippen LogP contribution in [-0.4, -0.2) is 11.0 Å². The van der Waals surface area contributed by atoms with Gasteiger partial charge in [-0.25, -0.2) is 8.78 Å². The molecule has 90 valence electrons. The van der Waals surface area contributed by atoms with Crippen LogP contribution in [0.3, 0.4) is 0 Å². The summed E-state index contributed by atoms with van der Waals surface area (Å²) in [7, 11) is 0. The molecule has 2 nitrogen and oxygen atoms in total. The first-order valence-electron chi connectivity index (χ1n) is 5.32. The molecule has 0 aliphatic carbocycles. The monoisotopic (exact) mass is 232 g/mol. The Kier molecular flexibility index (Phi) is 4.58. The van der Waals surface area contributed by atoms with E-state index in [4.69, 9.17) is 0 Å². The number of nitrogens with one attached hydrogen (secondary N) is 1. The van der Waals surface area contributed by atoms with Gasteiger partial charge < -0.3 is 5.32 Å². The van der Waals surface area contributed by atoms with Crippen molar-refractivity contribution in [1.29, 1.82) is 0 Å².